The molecule has 2 aromatic rings. The van der Waals surface area contributed by atoms with Gasteiger partial charge in [0.1, 0.15) is 11.6 Å². The molecule has 0 aliphatic rings. The van der Waals surface area contributed by atoms with Crippen LogP contribution in [0.15, 0.2) is 48.5 Å². The Morgan fingerprint density at radius 2 is 1.68 bits per heavy atom. The molecule has 130 valence electrons. The number of carbonyl (C=O) groups excluding carboxylic acids is 3. The number of benzene rings is 2. The Balaban J connectivity index is 1.84. The summed E-state index contributed by atoms with van der Waals surface area (Å²) >= 11 is 0. The van der Waals surface area contributed by atoms with Gasteiger partial charge in [-0.05, 0) is 36.4 Å². The molecule has 0 fully saturated rings. The summed E-state index contributed by atoms with van der Waals surface area (Å²) in [6.07, 6.45) is 0. The fourth-order valence-corrected chi connectivity index (χ4v) is 1.81. The number of nitrogens with one attached hydrogen (secondary N) is 1. The molecule has 0 bridgehead atoms. The molecule has 0 aliphatic carbocycles. The van der Waals surface area contributed by atoms with E-state index < -0.39 is 30.2 Å². The first-order valence-electron chi connectivity index (χ1n) is 7.18. The average molecular weight is 346 g/mol. The topological polar surface area (TPSA) is 108 Å². The summed E-state index contributed by atoms with van der Waals surface area (Å²) in [6, 6.07) is 11.4. The zero-order valence-corrected chi connectivity index (χ0v) is 13.0. The minimum absolute atomic E-state index is 0.000462. The minimum Gasteiger partial charge on any atom is -0.484 e. The SMILES string of the molecule is NC(=O)COc1ccc(C(=O)OCC(=O)Nc2ccccc2F)cc1. The number of anilines is 1. The number of carbonyl (C=O) groups is 3. The number of halogens is 1. The Morgan fingerprint density at radius 1 is 1.00 bits per heavy atom. The van der Waals surface area contributed by atoms with E-state index in [0.29, 0.717) is 5.75 Å². The molecule has 8 heteroatoms. The molecule has 0 spiro atoms. The van der Waals surface area contributed by atoms with Gasteiger partial charge in [-0.25, -0.2) is 9.18 Å². The van der Waals surface area contributed by atoms with Crippen LogP contribution >= 0.6 is 0 Å². The van der Waals surface area contributed by atoms with Crippen LogP contribution in [0, 0.1) is 5.82 Å². The number of hydrogen-bond acceptors (Lipinski definition) is 5. The fourth-order valence-electron chi connectivity index (χ4n) is 1.81. The van der Waals surface area contributed by atoms with Gasteiger partial charge in [0.05, 0.1) is 11.3 Å². The second-order valence-corrected chi connectivity index (χ2v) is 4.88. The van der Waals surface area contributed by atoms with Crippen molar-refractivity contribution in [2.75, 3.05) is 18.5 Å². The van der Waals surface area contributed by atoms with Crippen molar-refractivity contribution < 1.29 is 28.2 Å². The van der Waals surface area contributed by atoms with E-state index in [1.807, 2.05) is 0 Å². The van der Waals surface area contributed by atoms with E-state index in [0.717, 1.165) is 0 Å². The van der Waals surface area contributed by atoms with Gasteiger partial charge in [-0.2, -0.15) is 0 Å². The van der Waals surface area contributed by atoms with Crippen molar-refractivity contribution in [1.82, 2.24) is 0 Å². The highest BCUT2D eigenvalue weighted by molar-refractivity contribution is 5.95. The average Bonchev–Trinajstić information content (AvgIpc) is 2.60. The van der Waals surface area contributed by atoms with Crippen molar-refractivity contribution >= 4 is 23.5 Å². The lowest BCUT2D eigenvalue weighted by Gasteiger charge is -2.08. The first-order valence-corrected chi connectivity index (χ1v) is 7.18. The number of rotatable bonds is 7. The second kappa shape index (κ2) is 8.44. The maximum Gasteiger partial charge on any atom is 0.338 e. The van der Waals surface area contributed by atoms with Gasteiger partial charge in [0.2, 0.25) is 0 Å². The van der Waals surface area contributed by atoms with Crippen LogP contribution in [0.3, 0.4) is 0 Å². The number of amides is 2. The van der Waals surface area contributed by atoms with Crippen LogP contribution in [-0.4, -0.2) is 31.0 Å². The largest absolute Gasteiger partial charge is 0.484 e. The van der Waals surface area contributed by atoms with Crippen molar-refractivity contribution in [3.8, 4) is 5.75 Å². The summed E-state index contributed by atoms with van der Waals surface area (Å²) in [5.41, 5.74) is 5.14. The minimum atomic E-state index is -0.731. The highest BCUT2D eigenvalue weighted by atomic mass is 19.1. The normalized spacial score (nSPS) is 9.96. The Kier molecular flexibility index (Phi) is 6.05. The van der Waals surface area contributed by atoms with Gasteiger partial charge in [-0.15, -0.1) is 0 Å². The van der Waals surface area contributed by atoms with Crippen LogP contribution in [0.5, 0.6) is 5.75 Å². The van der Waals surface area contributed by atoms with Gasteiger partial charge in [0.25, 0.3) is 11.8 Å². The molecule has 7 nitrogen and oxygen atoms in total. The van der Waals surface area contributed by atoms with Crippen molar-refractivity contribution in [2.45, 2.75) is 0 Å². The summed E-state index contributed by atoms with van der Waals surface area (Å²) < 4.78 is 23.3. The Hall–Kier alpha value is -3.42. The highest BCUT2D eigenvalue weighted by Crippen LogP contribution is 2.14. The number of ether oxygens (including phenoxy) is 2. The molecule has 0 saturated heterocycles. The number of esters is 1. The first-order chi connectivity index (χ1) is 12.0. The maximum atomic E-state index is 13.4. The van der Waals surface area contributed by atoms with E-state index in [9.17, 15) is 18.8 Å². The van der Waals surface area contributed by atoms with Crippen molar-refractivity contribution in [3.05, 3.63) is 59.9 Å². The van der Waals surface area contributed by atoms with Gasteiger partial charge in [0.15, 0.2) is 13.2 Å². The number of nitrogens with two attached hydrogens (primary N) is 1. The molecule has 2 amide bonds. The third-order valence-corrected chi connectivity index (χ3v) is 2.95. The Labute approximate surface area is 142 Å². The molecule has 0 aliphatic heterocycles. The molecule has 0 unspecified atom stereocenters. The molecule has 0 saturated carbocycles. The molecular formula is C17H15FN2O5. The van der Waals surface area contributed by atoms with Crippen LogP contribution in [-0.2, 0) is 14.3 Å². The summed E-state index contributed by atoms with van der Waals surface area (Å²) in [6.45, 7) is -0.840. The molecule has 2 aromatic carbocycles. The molecule has 0 aromatic heterocycles. The third-order valence-electron chi connectivity index (χ3n) is 2.95. The summed E-state index contributed by atoms with van der Waals surface area (Å²) in [5.74, 6) is -2.25. The van der Waals surface area contributed by atoms with E-state index in [2.05, 4.69) is 5.32 Å². The van der Waals surface area contributed by atoms with Crippen LogP contribution in [0.25, 0.3) is 0 Å². The maximum absolute atomic E-state index is 13.4. The third kappa shape index (κ3) is 5.61. The van der Waals surface area contributed by atoms with Crippen molar-refractivity contribution in [1.29, 1.82) is 0 Å². The van der Waals surface area contributed by atoms with Crippen molar-refractivity contribution in [3.63, 3.8) is 0 Å². The van der Waals surface area contributed by atoms with E-state index >= 15 is 0 Å². The van der Waals surface area contributed by atoms with Crippen LogP contribution in [0.2, 0.25) is 0 Å². The van der Waals surface area contributed by atoms with E-state index in [1.54, 1.807) is 6.07 Å². The number of para-hydroxylation sites is 1. The van der Waals surface area contributed by atoms with Crippen molar-refractivity contribution in [2.24, 2.45) is 5.73 Å². The number of primary amides is 1. The van der Waals surface area contributed by atoms with E-state index in [-0.39, 0.29) is 17.9 Å². The summed E-state index contributed by atoms with van der Waals surface area (Å²) in [4.78, 5) is 34.2. The molecule has 0 heterocycles. The molecule has 3 N–H and O–H groups in total. The molecule has 0 atom stereocenters. The van der Waals surface area contributed by atoms with Crippen LogP contribution in [0.4, 0.5) is 10.1 Å². The lowest BCUT2D eigenvalue weighted by molar-refractivity contribution is -0.120. The molecule has 25 heavy (non-hydrogen) atoms. The van der Waals surface area contributed by atoms with Gasteiger partial charge < -0.3 is 20.5 Å². The Bertz CT molecular complexity index is 777. The van der Waals surface area contributed by atoms with E-state index in [1.165, 1.54) is 42.5 Å². The summed E-state index contributed by atoms with van der Waals surface area (Å²) in [7, 11) is 0. The molecule has 0 radical (unpaired) electrons. The summed E-state index contributed by atoms with van der Waals surface area (Å²) in [5, 5.41) is 2.30. The van der Waals surface area contributed by atoms with Gasteiger partial charge in [-0.3, -0.25) is 9.59 Å². The predicted octanol–water partition coefficient (Wildman–Crippen LogP) is 1.49. The lowest BCUT2D eigenvalue weighted by Crippen LogP contribution is -2.21. The predicted molar refractivity (Wildman–Crippen MR) is 86.4 cm³/mol. The van der Waals surface area contributed by atoms with Gasteiger partial charge in [-0.1, -0.05) is 12.1 Å². The highest BCUT2D eigenvalue weighted by Gasteiger charge is 2.12. The van der Waals surface area contributed by atoms with E-state index in [4.69, 9.17) is 15.2 Å². The second-order valence-electron chi connectivity index (χ2n) is 4.88. The van der Waals surface area contributed by atoms with Gasteiger partial charge >= 0.3 is 5.97 Å². The molecule has 2 rings (SSSR count). The number of hydrogen-bond donors (Lipinski definition) is 2. The lowest BCUT2D eigenvalue weighted by atomic mass is 10.2. The molecular weight excluding hydrogens is 331 g/mol. The Morgan fingerprint density at radius 3 is 2.32 bits per heavy atom. The first kappa shape index (κ1) is 17.9. The quantitative estimate of drug-likeness (QED) is 0.739. The zero-order chi connectivity index (χ0) is 18.2. The zero-order valence-electron chi connectivity index (χ0n) is 13.0. The van der Waals surface area contributed by atoms with Gasteiger partial charge in [0, 0.05) is 0 Å². The fraction of sp³-hybridized carbons (Fsp3) is 0.118. The smallest absolute Gasteiger partial charge is 0.338 e. The van der Waals surface area contributed by atoms with Crippen LogP contribution < -0.4 is 15.8 Å². The van der Waals surface area contributed by atoms with Crippen LogP contribution in [0.1, 0.15) is 10.4 Å². The standard InChI is InChI=1S/C17H15FN2O5/c18-13-3-1-2-4-14(13)20-16(22)10-25-17(23)11-5-7-12(8-6-11)24-9-15(19)21/h1-8H,9-10H2,(H2,19,21)(H,20,22). The monoisotopic (exact) mass is 346 g/mol.